The predicted molar refractivity (Wildman–Crippen MR) is 71.8 cm³/mol. The molecule has 0 atom stereocenters. The fourth-order valence-corrected chi connectivity index (χ4v) is 1.95. The number of aromatic nitrogens is 1. The molecule has 0 aliphatic rings. The van der Waals surface area contributed by atoms with Crippen LogP contribution >= 0.6 is 15.9 Å². The van der Waals surface area contributed by atoms with Gasteiger partial charge in [0.25, 0.3) is 0 Å². The first-order valence-electron chi connectivity index (χ1n) is 5.62. The molecule has 0 fully saturated rings. The highest BCUT2D eigenvalue weighted by Crippen LogP contribution is 2.26. The van der Waals surface area contributed by atoms with Crippen LogP contribution in [0.15, 0.2) is 33.4 Å². The minimum absolute atomic E-state index is 0.678. The van der Waals surface area contributed by atoms with E-state index >= 15 is 0 Å². The van der Waals surface area contributed by atoms with Crippen LogP contribution in [0.2, 0.25) is 0 Å². The molecule has 1 N–H and O–H groups in total. The highest BCUT2D eigenvalue weighted by Gasteiger charge is 2.09. The SMILES string of the molecule is CCNCc1coc(-c2cc(Br)ccc2C)n1. The van der Waals surface area contributed by atoms with E-state index in [1.165, 1.54) is 0 Å². The van der Waals surface area contributed by atoms with Crippen molar-refractivity contribution in [1.29, 1.82) is 0 Å². The first kappa shape index (κ1) is 12.3. The molecule has 0 saturated heterocycles. The maximum absolute atomic E-state index is 5.51. The van der Waals surface area contributed by atoms with Crippen molar-refractivity contribution in [2.24, 2.45) is 0 Å². The molecule has 0 aliphatic heterocycles. The van der Waals surface area contributed by atoms with E-state index in [4.69, 9.17) is 4.42 Å². The molecule has 90 valence electrons. The summed E-state index contributed by atoms with van der Waals surface area (Å²) in [5.74, 6) is 0.678. The Labute approximate surface area is 109 Å². The summed E-state index contributed by atoms with van der Waals surface area (Å²) in [6.45, 7) is 5.79. The van der Waals surface area contributed by atoms with E-state index in [0.29, 0.717) is 5.89 Å². The zero-order chi connectivity index (χ0) is 12.3. The van der Waals surface area contributed by atoms with Gasteiger partial charge in [0.05, 0.1) is 5.69 Å². The Morgan fingerprint density at radius 3 is 3.00 bits per heavy atom. The van der Waals surface area contributed by atoms with Crippen molar-refractivity contribution in [3.8, 4) is 11.5 Å². The fourth-order valence-electron chi connectivity index (χ4n) is 1.59. The van der Waals surface area contributed by atoms with Gasteiger partial charge in [0, 0.05) is 16.6 Å². The third-order valence-corrected chi connectivity index (χ3v) is 3.03. The highest BCUT2D eigenvalue weighted by atomic mass is 79.9. The summed E-state index contributed by atoms with van der Waals surface area (Å²) >= 11 is 3.46. The van der Waals surface area contributed by atoms with Crippen molar-refractivity contribution in [2.45, 2.75) is 20.4 Å². The Bertz CT molecular complexity index is 508. The number of oxazole rings is 1. The van der Waals surface area contributed by atoms with Crippen molar-refractivity contribution < 1.29 is 4.42 Å². The van der Waals surface area contributed by atoms with Gasteiger partial charge in [-0.2, -0.15) is 0 Å². The summed E-state index contributed by atoms with van der Waals surface area (Å²) in [5.41, 5.74) is 3.12. The second kappa shape index (κ2) is 5.47. The lowest BCUT2D eigenvalue weighted by atomic mass is 10.1. The molecular weight excluding hydrogens is 280 g/mol. The van der Waals surface area contributed by atoms with Gasteiger partial charge in [0.1, 0.15) is 6.26 Å². The summed E-state index contributed by atoms with van der Waals surface area (Å²) in [7, 11) is 0. The lowest BCUT2D eigenvalue weighted by Crippen LogP contribution is -2.11. The smallest absolute Gasteiger partial charge is 0.226 e. The molecule has 0 aliphatic carbocycles. The van der Waals surface area contributed by atoms with Crippen LogP contribution in [-0.2, 0) is 6.54 Å². The van der Waals surface area contributed by atoms with Crippen LogP contribution in [0.1, 0.15) is 18.2 Å². The number of rotatable bonds is 4. The van der Waals surface area contributed by atoms with Crippen molar-refractivity contribution >= 4 is 15.9 Å². The fraction of sp³-hybridized carbons (Fsp3) is 0.308. The molecule has 0 spiro atoms. The van der Waals surface area contributed by atoms with Crippen molar-refractivity contribution in [3.63, 3.8) is 0 Å². The van der Waals surface area contributed by atoms with Crippen LogP contribution in [0.5, 0.6) is 0 Å². The molecule has 0 unspecified atom stereocenters. The number of nitrogens with zero attached hydrogens (tertiary/aromatic N) is 1. The first-order valence-corrected chi connectivity index (χ1v) is 6.41. The maximum atomic E-state index is 5.51. The number of benzene rings is 1. The van der Waals surface area contributed by atoms with E-state index in [0.717, 1.165) is 34.4 Å². The quantitative estimate of drug-likeness (QED) is 0.937. The van der Waals surface area contributed by atoms with E-state index in [1.807, 2.05) is 18.2 Å². The Morgan fingerprint density at radius 1 is 1.41 bits per heavy atom. The summed E-state index contributed by atoms with van der Waals surface area (Å²) in [6, 6.07) is 6.09. The molecule has 2 aromatic rings. The molecule has 1 heterocycles. The van der Waals surface area contributed by atoms with Crippen LogP contribution in [0.25, 0.3) is 11.5 Å². The van der Waals surface area contributed by atoms with E-state index in [9.17, 15) is 0 Å². The molecule has 1 aromatic heterocycles. The average molecular weight is 295 g/mol. The summed E-state index contributed by atoms with van der Waals surface area (Å²) in [5, 5.41) is 3.22. The van der Waals surface area contributed by atoms with Gasteiger partial charge >= 0.3 is 0 Å². The second-order valence-electron chi connectivity index (χ2n) is 3.88. The van der Waals surface area contributed by atoms with Crippen LogP contribution < -0.4 is 5.32 Å². The van der Waals surface area contributed by atoms with Gasteiger partial charge in [-0.15, -0.1) is 0 Å². The van der Waals surface area contributed by atoms with Gasteiger partial charge in [0.2, 0.25) is 5.89 Å². The van der Waals surface area contributed by atoms with Crippen molar-refractivity contribution in [3.05, 3.63) is 40.2 Å². The van der Waals surface area contributed by atoms with Crippen LogP contribution in [0.4, 0.5) is 0 Å². The average Bonchev–Trinajstić information content (AvgIpc) is 2.78. The van der Waals surface area contributed by atoms with Crippen molar-refractivity contribution in [2.75, 3.05) is 6.54 Å². The Hall–Kier alpha value is -1.13. The zero-order valence-electron chi connectivity index (χ0n) is 9.96. The normalized spacial score (nSPS) is 10.8. The monoisotopic (exact) mass is 294 g/mol. The van der Waals surface area contributed by atoms with Crippen LogP contribution in [0, 0.1) is 6.92 Å². The maximum Gasteiger partial charge on any atom is 0.226 e. The van der Waals surface area contributed by atoms with E-state index in [2.05, 4.69) is 40.1 Å². The summed E-state index contributed by atoms with van der Waals surface area (Å²) in [6.07, 6.45) is 1.71. The molecule has 0 bridgehead atoms. The zero-order valence-corrected chi connectivity index (χ0v) is 11.5. The van der Waals surface area contributed by atoms with Gasteiger partial charge < -0.3 is 9.73 Å². The van der Waals surface area contributed by atoms with Crippen LogP contribution in [-0.4, -0.2) is 11.5 Å². The molecule has 0 saturated carbocycles. The third-order valence-electron chi connectivity index (χ3n) is 2.54. The molecule has 1 aromatic carbocycles. The molecule has 3 nitrogen and oxygen atoms in total. The summed E-state index contributed by atoms with van der Waals surface area (Å²) in [4.78, 5) is 4.47. The molecule has 0 amide bonds. The van der Waals surface area contributed by atoms with Gasteiger partial charge in [-0.25, -0.2) is 4.98 Å². The van der Waals surface area contributed by atoms with Crippen LogP contribution in [0.3, 0.4) is 0 Å². The first-order chi connectivity index (χ1) is 8.20. The van der Waals surface area contributed by atoms with Gasteiger partial charge in [0.15, 0.2) is 0 Å². The summed E-state index contributed by atoms with van der Waals surface area (Å²) < 4.78 is 6.54. The number of nitrogens with one attached hydrogen (secondary N) is 1. The molecule has 0 radical (unpaired) electrons. The standard InChI is InChI=1S/C13H15BrN2O/c1-3-15-7-11-8-17-13(16-11)12-6-10(14)5-4-9(12)2/h4-6,8,15H,3,7H2,1-2H3. The lowest BCUT2D eigenvalue weighted by Gasteiger charge is -2.01. The number of hydrogen-bond donors (Lipinski definition) is 1. The topological polar surface area (TPSA) is 38.1 Å². The lowest BCUT2D eigenvalue weighted by molar-refractivity contribution is 0.570. The van der Waals surface area contributed by atoms with Gasteiger partial charge in [-0.3, -0.25) is 0 Å². The minimum atomic E-state index is 0.678. The van der Waals surface area contributed by atoms with Gasteiger partial charge in [-0.1, -0.05) is 28.9 Å². The largest absolute Gasteiger partial charge is 0.444 e. The van der Waals surface area contributed by atoms with Crippen molar-refractivity contribution in [1.82, 2.24) is 10.3 Å². The minimum Gasteiger partial charge on any atom is -0.444 e. The third kappa shape index (κ3) is 2.96. The molecule has 4 heteroatoms. The van der Waals surface area contributed by atoms with Gasteiger partial charge in [-0.05, 0) is 31.2 Å². The Balaban J connectivity index is 2.27. The second-order valence-corrected chi connectivity index (χ2v) is 4.80. The number of aryl methyl sites for hydroxylation is 1. The number of hydrogen-bond acceptors (Lipinski definition) is 3. The van der Waals surface area contributed by atoms with E-state index < -0.39 is 0 Å². The molecular formula is C13H15BrN2O. The van der Waals surface area contributed by atoms with E-state index in [-0.39, 0.29) is 0 Å². The van der Waals surface area contributed by atoms with E-state index in [1.54, 1.807) is 6.26 Å². The number of halogens is 1. The Morgan fingerprint density at radius 2 is 2.24 bits per heavy atom. The Kier molecular flexibility index (Phi) is 3.97. The predicted octanol–water partition coefficient (Wildman–Crippen LogP) is 3.52. The molecule has 2 rings (SSSR count). The molecule has 17 heavy (non-hydrogen) atoms. The highest BCUT2D eigenvalue weighted by molar-refractivity contribution is 9.10.